The summed E-state index contributed by atoms with van der Waals surface area (Å²) >= 11 is 3.07. The summed E-state index contributed by atoms with van der Waals surface area (Å²) in [6, 6.07) is 3.05. The molecule has 0 fully saturated rings. The van der Waals surface area contributed by atoms with E-state index in [2.05, 4.69) is 20.7 Å². The third-order valence-corrected chi connectivity index (χ3v) is 2.71. The second-order valence-electron chi connectivity index (χ2n) is 3.88. The lowest BCUT2D eigenvalue weighted by atomic mass is 10.0. The van der Waals surface area contributed by atoms with E-state index in [1.807, 2.05) is 0 Å². The smallest absolute Gasteiger partial charge is 0.466 e. The molecule has 120 valence electrons. The summed E-state index contributed by atoms with van der Waals surface area (Å²) in [5, 5.41) is 0. The average Bonchev–Trinajstić information content (AvgIpc) is 2.25. The first kappa shape index (κ1) is 20.0. The molecule has 0 unspecified atom stereocenters. The number of alkyl halides is 3. The zero-order valence-electron chi connectivity index (χ0n) is 10.9. The van der Waals surface area contributed by atoms with Crippen LogP contribution < -0.4 is 10.5 Å². The number of ether oxygens (including phenoxy) is 2. The van der Waals surface area contributed by atoms with Crippen molar-refractivity contribution in [1.29, 1.82) is 0 Å². The van der Waals surface area contributed by atoms with Gasteiger partial charge in [-0.05, 0) is 30.7 Å². The van der Waals surface area contributed by atoms with E-state index >= 15 is 0 Å². The van der Waals surface area contributed by atoms with Crippen LogP contribution >= 0.6 is 28.3 Å². The Morgan fingerprint density at radius 2 is 2.00 bits per heavy atom. The monoisotopic (exact) mass is 391 g/mol. The van der Waals surface area contributed by atoms with Gasteiger partial charge in [-0.3, -0.25) is 4.79 Å². The molecule has 4 nitrogen and oxygen atoms in total. The molecule has 0 bridgehead atoms. The van der Waals surface area contributed by atoms with Gasteiger partial charge >= 0.3 is 12.3 Å². The van der Waals surface area contributed by atoms with Crippen LogP contribution in [0.2, 0.25) is 0 Å². The average molecular weight is 393 g/mol. The van der Waals surface area contributed by atoms with E-state index in [0.29, 0.717) is 10.0 Å². The molecule has 1 aromatic rings. The summed E-state index contributed by atoms with van der Waals surface area (Å²) in [6.07, 6.45) is -4.92. The Bertz CT molecular complexity index is 485. The van der Waals surface area contributed by atoms with E-state index < -0.39 is 24.1 Å². The minimum Gasteiger partial charge on any atom is -0.466 e. The maximum absolute atomic E-state index is 12.2. The van der Waals surface area contributed by atoms with E-state index in [1.54, 1.807) is 6.92 Å². The third-order valence-electron chi connectivity index (χ3n) is 2.25. The van der Waals surface area contributed by atoms with Crippen molar-refractivity contribution in [2.75, 3.05) is 6.61 Å². The van der Waals surface area contributed by atoms with Crippen molar-refractivity contribution < 1.29 is 27.4 Å². The molecule has 0 radical (unpaired) electrons. The Labute approximate surface area is 134 Å². The highest BCUT2D eigenvalue weighted by atomic mass is 79.9. The van der Waals surface area contributed by atoms with Crippen molar-refractivity contribution in [2.24, 2.45) is 5.73 Å². The molecule has 0 spiro atoms. The second-order valence-corrected chi connectivity index (χ2v) is 4.80. The molecule has 21 heavy (non-hydrogen) atoms. The predicted octanol–water partition coefficient (Wildman–Crippen LogP) is 3.72. The molecule has 0 aliphatic heterocycles. The van der Waals surface area contributed by atoms with Crippen molar-refractivity contribution in [3.8, 4) is 5.75 Å². The Morgan fingerprint density at radius 1 is 1.38 bits per heavy atom. The standard InChI is InChI=1S/C12H13BrF3NO3.ClH/c1-2-19-11(18)6-10(17)7-3-8(13)5-9(4-7)20-12(14,15)16;/h3-5,10H,2,6,17H2,1H3;1H/t10-;/m1./s1. The molecule has 0 aliphatic rings. The molecular weight excluding hydrogens is 378 g/mol. The van der Waals surface area contributed by atoms with Crippen molar-refractivity contribution in [3.05, 3.63) is 28.2 Å². The van der Waals surface area contributed by atoms with E-state index in [1.165, 1.54) is 6.07 Å². The lowest BCUT2D eigenvalue weighted by Crippen LogP contribution is -2.19. The number of carbonyl (C=O) groups excluding carboxylic acids is 1. The lowest BCUT2D eigenvalue weighted by molar-refractivity contribution is -0.274. The zero-order valence-corrected chi connectivity index (χ0v) is 13.3. The van der Waals surface area contributed by atoms with Crippen LogP contribution in [0.5, 0.6) is 5.75 Å². The van der Waals surface area contributed by atoms with Gasteiger partial charge in [0.05, 0.1) is 13.0 Å². The minimum atomic E-state index is -4.79. The molecule has 0 amide bonds. The molecule has 0 saturated heterocycles. The molecular formula is C12H14BrClF3NO3. The number of nitrogens with two attached hydrogens (primary N) is 1. The van der Waals surface area contributed by atoms with Crippen LogP contribution in [-0.2, 0) is 9.53 Å². The summed E-state index contributed by atoms with van der Waals surface area (Å²) in [5.74, 6) is -0.917. The van der Waals surface area contributed by atoms with Crippen LogP contribution in [-0.4, -0.2) is 18.9 Å². The van der Waals surface area contributed by atoms with Gasteiger partial charge in [0.25, 0.3) is 0 Å². The maximum atomic E-state index is 12.2. The fourth-order valence-corrected chi connectivity index (χ4v) is 2.00. The van der Waals surface area contributed by atoms with Crippen molar-refractivity contribution in [3.63, 3.8) is 0 Å². The topological polar surface area (TPSA) is 61.5 Å². The molecule has 0 heterocycles. The first-order chi connectivity index (χ1) is 9.21. The highest BCUT2D eigenvalue weighted by Gasteiger charge is 2.31. The van der Waals surface area contributed by atoms with E-state index in [-0.39, 0.29) is 25.4 Å². The van der Waals surface area contributed by atoms with Crippen LogP contribution in [0.4, 0.5) is 13.2 Å². The number of esters is 1. The number of hydrogen-bond donors (Lipinski definition) is 1. The molecule has 2 N–H and O–H groups in total. The summed E-state index contributed by atoms with van der Waals surface area (Å²) in [5.41, 5.74) is 6.11. The summed E-state index contributed by atoms with van der Waals surface area (Å²) in [7, 11) is 0. The van der Waals surface area contributed by atoms with Gasteiger partial charge in [-0.25, -0.2) is 0 Å². The normalized spacial score (nSPS) is 12.3. The summed E-state index contributed by atoms with van der Waals surface area (Å²) < 4.78 is 45.4. The maximum Gasteiger partial charge on any atom is 0.573 e. The van der Waals surface area contributed by atoms with Gasteiger partial charge in [-0.1, -0.05) is 15.9 Å². The van der Waals surface area contributed by atoms with Gasteiger partial charge < -0.3 is 15.2 Å². The summed E-state index contributed by atoms with van der Waals surface area (Å²) in [6.45, 7) is 1.87. The lowest BCUT2D eigenvalue weighted by Gasteiger charge is -2.15. The van der Waals surface area contributed by atoms with Crippen LogP contribution in [0.15, 0.2) is 22.7 Å². The first-order valence-corrected chi connectivity index (χ1v) is 6.48. The number of rotatable bonds is 5. The quantitative estimate of drug-likeness (QED) is 0.776. The molecule has 0 aromatic heterocycles. The molecule has 1 aromatic carbocycles. The molecule has 0 aliphatic carbocycles. The van der Waals surface area contributed by atoms with Gasteiger partial charge in [0.1, 0.15) is 5.75 Å². The number of carbonyl (C=O) groups is 1. The largest absolute Gasteiger partial charge is 0.573 e. The molecule has 1 atom stereocenters. The van der Waals surface area contributed by atoms with Gasteiger partial charge in [0, 0.05) is 10.5 Å². The second kappa shape index (κ2) is 8.45. The molecule has 1 rings (SSSR count). The highest BCUT2D eigenvalue weighted by Crippen LogP contribution is 2.29. The summed E-state index contributed by atoms with van der Waals surface area (Å²) in [4.78, 5) is 11.3. The fraction of sp³-hybridized carbons (Fsp3) is 0.417. The SMILES string of the molecule is CCOC(=O)C[C@@H](N)c1cc(Br)cc(OC(F)(F)F)c1.Cl. The van der Waals surface area contributed by atoms with Crippen LogP contribution in [0.25, 0.3) is 0 Å². The van der Waals surface area contributed by atoms with Crippen LogP contribution in [0.1, 0.15) is 24.9 Å². The van der Waals surface area contributed by atoms with Crippen LogP contribution in [0, 0.1) is 0 Å². The van der Waals surface area contributed by atoms with Gasteiger partial charge in [0.2, 0.25) is 0 Å². The predicted molar refractivity (Wildman–Crippen MR) is 76.3 cm³/mol. The zero-order chi connectivity index (χ0) is 15.3. The Hall–Kier alpha value is -0.990. The first-order valence-electron chi connectivity index (χ1n) is 5.68. The molecule has 9 heteroatoms. The van der Waals surface area contributed by atoms with Crippen molar-refractivity contribution in [2.45, 2.75) is 25.7 Å². The van der Waals surface area contributed by atoms with Crippen LogP contribution in [0.3, 0.4) is 0 Å². The Kier molecular flexibility index (Phi) is 8.05. The van der Waals surface area contributed by atoms with E-state index in [0.717, 1.165) is 12.1 Å². The van der Waals surface area contributed by atoms with Crippen molar-refractivity contribution in [1.82, 2.24) is 0 Å². The van der Waals surface area contributed by atoms with Crippen molar-refractivity contribution >= 4 is 34.3 Å². The van der Waals surface area contributed by atoms with Gasteiger partial charge in [0.15, 0.2) is 0 Å². The van der Waals surface area contributed by atoms with Gasteiger partial charge in [-0.15, -0.1) is 25.6 Å². The van der Waals surface area contributed by atoms with E-state index in [4.69, 9.17) is 10.5 Å². The Balaban J connectivity index is 0.00000400. The fourth-order valence-electron chi connectivity index (χ4n) is 1.51. The minimum absolute atomic E-state index is 0. The van der Waals surface area contributed by atoms with E-state index in [9.17, 15) is 18.0 Å². The molecule has 0 saturated carbocycles. The number of benzene rings is 1. The third kappa shape index (κ3) is 7.54. The Morgan fingerprint density at radius 3 is 2.52 bits per heavy atom. The number of halogens is 5. The van der Waals surface area contributed by atoms with Gasteiger partial charge in [-0.2, -0.15) is 0 Å². The highest BCUT2D eigenvalue weighted by molar-refractivity contribution is 9.10. The number of hydrogen-bond acceptors (Lipinski definition) is 4.